The first-order chi connectivity index (χ1) is 25.0. The SMILES string of the molecule is CC1(C)c2ccccc2-c2ccc3cc(-c4ccc(-c5ccc6ccc7cccnc7c6n5)c5cc6ccccc6cc45)c4ccccc4c3c21. The molecule has 0 fully saturated rings. The molecule has 1 aliphatic rings. The summed E-state index contributed by atoms with van der Waals surface area (Å²) in [5.41, 5.74) is 11.9. The van der Waals surface area contributed by atoms with Gasteiger partial charge in [0.2, 0.25) is 0 Å². The molecule has 2 heteroatoms. The standard InChI is InChI=1S/C49H32N2/c1-49(2)43-16-8-7-14-36(43)39-21-19-33-28-40(34-13-5-6-15-38(34)45(33)46(39)49)35-22-23-37(42-27-32-11-4-3-10-31(32)26-41(35)42)44-24-20-30-18-17-29-12-9-25-50-47(29)48(30)51-44/h3-28H,1-2H3. The van der Waals surface area contributed by atoms with E-state index in [9.17, 15) is 0 Å². The van der Waals surface area contributed by atoms with Crippen molar-refractivity contribution in [1.82, 2.24) is 9.97 Å². The van der Waals surface area contributed by atoms with Gasteiger partial charge in [-0.3, -0.25) is 4.98 Å². The number of rotatable bonds is 2. The van der Waals surface area contributed by atoms with Crippen molar-refractivity contribution < 1.29 is 0 Å². The quantitative estimate of drug-likeness (QED) is 0.138. The van der Waals surface area contributed by atoms with Crippen LogP contribution in [-0.4, -0.2) is 9.97 Å². The predicted octanol–water partition coefficient (Wildman–Crippen LogP) is 13.0. The normalized spacial score (nSPS) is 13.5. The fraction of sp³-hybridized carbons (Fsp3) is 0.0612. The van der Waals surface area contributed by atoms with Crippen LogP contribution >= 0.6 is 0 Å². The smallest absolute Gasteiger partial charge is 0.0972 e. The van der Waals surface area contributed by atoms with Gasteiger partial charge in [-0.15, -0.1) is 0 Å². The lowest BCUT2D eigenvalue weighted by molar-refractivity contribution is 0.666. The summed E-state index contributed by atoms with van der Waals surface area (Å²) in [7, 11) is 0. The minimum atomic E-state index is -0.101. The minimum absolute atomic E-state index is 0.101. The van der Waals surface area contributed by atoms with Crippen LogP contribution < -0.4 is 0 Å². The van der Waals surface area contributed by atoms with E-state index in [1.54, 1.807) is 0 Å². The molecule has 2 heterocycles. The van der Waals surface area contributed by atoms with Gasteiger partial charge in [-0.1, -0.05) is 135 Å². The number of benzene rings is 8. The predicted molar refractivity (Wildman–Crippen MR) is 216 cm³/mol. The molecule has 0 bridgehead atoms. The maximum Gasteiger partial charge on any atom is 0.0972 e. The Morgan fingerprint density at radius 3 is 1.88 bits per heavy atom. The molecule has 0 saturated heterocycles. The average Bonchev–Trinajstić information content (AvgIpc) is 3.42. The number of pyridine rings is 2. The van der Waals surface area contributed by atoms with Gasteiger partial charge in [0.05, 0.1) is 16.7 Å². The molecule has 0 atom stereocenters. The van der Waals surface area contributed by atoms with Crippen LogP contribution in [-0.2, 0) is 5.41 Å². The van der Waals surface area contributed by atoms with E-state index in [0.717, 1.165) is 33.1 Å². The van der Waals surface area contributed by atoms with E-state index in [0.29, 0.717) is 0 Å². The number of hydrogen-bond donors (Lipinski definition) is 0. The molecule has 0 amide bonds. The Morgan fingerprint density at radius 1 is 0.412 bits per heavy atom. The lowest BCUT2D eigenvalue weighted by Gasteiger charge is -2.24. The van der Waals surface area contributed by atoms with Crippen LogP contribution in [0.25, 0.3) is 98.4 Å². The second-order valence-electron chi connectivity index (χ2n) is 14.5. The summed E-state index contributed by atoms with van der Waals surface area (Å²) >= 11 is 0. The largest absolute Gasteiger partial charge is 0.254 e. The Labute approximate surface area is 295 Å². The zero-order chi connectivity index (χ0) is 33.8. The van der Waals surface area contributed by atoms with E-state index in [4.69, 9.17) is 9.97 Å². The summed E-state index contributed by atoms with van der Waals surface area (Å²) in [6.45, 7) is 4.77. The highest BCUT2D eigenvalue weighted by molar-refractivity contribution is 6.21. The Balaban J connectivity index is 1.21. The zero-order valence-corrected chi connectivity index (χ0v) is 28.4. The van der Waals surface area contributed by atoms with Crippen molar-refractivity contribution in [2.24, 2.45) is 0 Å². The molecule has 0 radical (unpaired) electrons. The van der Waals surface area contributed by atoms with Gasteiger partial charge in [-0.25, -0.2) is 4.98 Å². The molecule has 238 valence electrons. The second-order valence-corrected chi connectivity index (χ2v) is 14.5. The molecule has 0 spiro atoms. The molecule has 0 N–H and O–H groups in total. The van der Waals surface area contributed by atoms with Crippen LogP contribution in [0.2, 0.25) is 0 Å². The highest BCUT2D eigenvalue weighted by atomic mass is 14.8. The molecule has 51 heavy (non-hydrogen) atoms. The average molecular weight is 649 g/mol. The van der Waals surface area contributed by atoms with Gasteiger partial charge in [-0.2, -0.15) is 0 Å². The Bertz CT molecular complexity index is 3110. The molecule has 0 saturated carbocycles. The van der Waals surface area contributed by atoms with Gasteiger partial charge < -0.3 is 0 Å². The van der Waals surface area contributed by atoms with Crippen molar-refractivity contribution in [3.05, 3.63) is 169 Å². The van der Waals surface area contributed by atoms with E-state index >= 15 is 0 Å². The van der Waals surface area contributed by atoms with Crippen molar-refractivity contribution in [1.29, 1.82) is 0 Å². The van der Waals surface area contributed by atoms with Crippen molar-refractivity contribution in [3.8, 4) is 33.5 Å². The first-order valence-corrected chi connectivity index (χ1v) is 17.7. The topological polar surface area (TPSA) is 25.8 Å². The number of hydrogen-bond acceptors (Lipinski definition) is 2. The second kappa shape index (κ2) is 10.3. The van der Waals surface area contributed by atoms with Gasteiger partial charge in [0.1, 0.15) is 0 Å². The van der Waals surface area contributed by atoms with Gasteiger partial charge in [-0.05, 0) is 107 Å². The van der Waals surface area contributed by atoms with Crippen LogP contribution in [0.5, 0.6) is 0 Å². The van der Waals surface area contributed by atoms with Crippen LogP contribution in [0.3, 0.4) is 0 Å². The van der Waals surface area contributed by atoms with Crippen LogP contribution in [0.15, 0.2) is 158 Å². The highest BCUT2D eigenvalue weighted by Crippen LogP contribution is 2.53. The third-order valence-electron chi connectivity index (χ3n) is 11.4. The summed E-state index contributed by atoms with van der Waals surface area (Å²) in [6.07, 6.45) is 1.86. The van der Waals surface area contributed by atoms with Gasteiger partial charge in [0.15, 0.2) is 0 Å². The first-order valence-electron chi connectivity index (χ1n) is 17.7. The van der Waals surface area contributed by atoms with Crippen LogP contribution in [0, 0.1) is 0 Å². The zero-order valence-electron chi connectivity index (χ0n) is 28.4. The van der Waals surface area contributed by atoms with E-state index in [-0.39, 0.29) is 5.41 Å². The number of fused-ring (bicyclic) bond motifs is 12. The van der Waals surface area contributed by atoms with Gasteiger partial charge in [0, 0.05) is 27.9 Å². The Morgan fingerprint density at radius 2 is 1.04 bits per heavy atom. The number of aromatic nitrogens is 2. The highest BCUT2D eigenvalue weighted by Gasteiger charge is 2.37. The van der Waals surface area contributed by atoms with E-state index in [1.807, 2.05) is 12.3 Å². The molecule has 11 rings (SSSR count). The van der Waals surface area contributed by atoms with Crippen LogP contribution in [0.4, 0.5) is 0 Å². The molecule has 2 aromatic heterocycles. The Hall–Kier alpha value is -6.38. The fourth-order valence-electron chi connectivity index (χ4n) is 9.06. The maximum absolute atomic E-state index is 5.30. The third kappa shape index (κ3) is 3.99. The Kier molecular flexibility index (Phi) is 5.76. The van der Waals surface area contributed by atoms with Crippen molar-refractivity contribution in [3.63, 3.8) is 0 Å². The molecule has 0 aliphatic heterocycles. The van der Waals surface area contributed by atoms with Crippen LogP contribution in [0.1, 0.15) is 25.0 Å². The molecular formula is C49H32N2. The molecular weight excluding hydrogens is 617 g/mol. The first kappa shape index (κ1) is 28.5. The lowest BCUT2D eigenvalue weighted by atomic mass is 9.78. The summed E-state index contributed by atoms with van der Waals surface area (Å²) in [4.78, 5) is 10.0. The summed E-state index contributed by atoms with van der Waals surface area (Å²) in [5, 5.41) is 12.3. The van der Waals surface area contributed by atoms with E-state index in [2.05, 4.69) is 159 Å². The maximum atomic E-state index is 5.30. The summed E-state index contributed by atoms with van der Waals surface area (Å²) in [6, 6.07) is 55.8. The minimum Gasteiger partial charge on any atom is -0.254 e. The van der Waals surface area contributed by atoms with Crippen molar-refractivity contribution >= 4 is 64.9 Å². The number of nitrogens with zero attached hydrogens (tertiary/aromatic N) is 2. The summed E-state index contributed by atoms with van der Waals surface area (Å²) in [5.74, 6) is 0. The molecule has 2 nitrogen and oxygen atoms in total. The molecule has 1 aliphatic carbocycles. The van der Waals surface area contributed by atoms with Gasteiger partial charge >= 0.3 is 0 Å². The third-order valence-corrected chi connectivity index (χ3v) is 11.4. The van der Waals surface area contributed by atoms with Crippen molar-refractivity contribution in [2.45, 2.75) is 19.3 Å². The molecule has 10 aromatic rings. The summed E-state index contributed by atoms with van der Waals surface area (Å²) < 4.78 is 0. The van der Waals surface area contributed by atoms with Crippen molar-refractivity contribution in [2.75, 3.05) is 0 Å². The fourth-order valence-corrected chi connectivity index (χ4v) is 9.06. The molecule has 8 aromatic carbocycles. The monoisotopic (exact) mass is 648 g/mol. The van der Waals surface area contributed by atoms with E-state index < -0.39 is 0 Å². The van der Waals surface area contributed by atoms with Gasteiger partial charge in [0.25, 0.3) is 0 Å². The molecule has 0 unspecified atom stereocenters. The lowest BCUT2D eigenvalue weighted by Crippen LogP contribution is -2.15. The van der Waals surface area contributed by atoms with E-state index in [1.165, 1.54) is 76.5 Å².